The molecule has 0 amide bonds. The van der Waals surface area contributed by atoms with E-state index >= 15 is 0 Å². The second-order valence-electron chi connectivity index (χ2n) is 9.71. The Morgan fingerprint density at radius 1 is 1.23 bits per heavy atom. The summed E-state index contributed by atoms with van der Waals surface area (Å²) in [6.45, 7) is 6.96. The fourth-order valence-corrected chi connectivity index (χ4v) is 6.44. The zero-order valence-electron chi connectivity index (χ0n) is 18.4. The molecule has 2 saturated carbocycles. The Morgan fingerprint density at radius 3 is 2.55 bits per heavy atom. The minimum absolute atomic E-state index is 0.0495. The van der Waals surface area contributed by atoms with Crippen molar-refractivity contribution in [3.8, 4) is 0 Å². The van der Waals surface area contributed by atoms with Crippen LogP contribution in [0, 0.1) is 22.7 Å². The van der Waals surface area contributed by atoms with E-state index < -0.39 is 40.6 Å². The maximum Gasteiger partial charge on any atom is 0.338 e. The van der Waals surface area contributed by atoms with Gasteiger partial charge in [-0.05, 0) is 30.9 Å². The van der Waals surface area contributed by atoms with E-state index in [9.17, 15) is 19.5 Å². The van der Waals surface area contributed by atoms with Crippen LogP contribution in [-0.2, 0) is 23.8 Å². The van der Waals surface area contributed by atoms with Gasteiger partial charge in [0.1, 0.15) is 24.4 Å². The number of benzene rings is 1. The number of hydrogen-bond donors (Lipinski definition) is 1. The van der Waals surface area contributed by atoms with Gasteiger partial charge in [-0.25, -0.2) is 4.79 Å². The van der Waals surface area contributed by atoms with E-state index in [4.69, 9.17) is 14.2 Å². The van der Waals surface area contributed by atoms with Gasteiger partial charge >= 0.3 is 17.9 Å². The van der Waals surface area contributed by atoms with Crippen molar-refractivity contribution in [3.05, 3.63) is 35.9 Å². The van der Waals surface area contributed by atoms with Gasteiger partial charge in [0.15, 0.2) is 0 Å². The van der Waals surface area contributed by atoms with Crippen LogP contribution >= 0.6 is 0 Å². The van der Waals surface area contributed by atoms with Crippen LogP contribution in [-0.4, -0.2) is 47.4 Å². The van der Waals surface area contributed by atoms with E-state index in [2.05, 4.69) is 0 Å². The molecule has 1 saturated heterocycles. The van der Waals surface area contributed by atoms with Crippen molar-refractivity contribution in [2.45, 2.75) is 64.8 Å². The van der Waals surface area contributed by atoms with Crippen molar-refractivity contribution < 1.29 is 33.7 Å². The molecule has 1 N–H and O–H groups in total. The van der Waals surface area contributed by atoms with Crippen LogP contribution in [0.3, 0.4) is 0 Å². The summed E-state index contributed by atoms with van der Waals surface area (Å²) in [6, 6.07) is 8.65. The van der Waals surface area contributed by atoms with Gasteiger partial charge in [-0.2, -0.15) is 0 Å². The zero-order chi connectivity index (χ0) is 22.6. The Labute approximate surface area is 182 Å². The summed E-state index contributed by atoms with van der Waals surface area (Å²) in [7, 11) is 0. The molecular weight excluding hydrogens is 400 g/mol. The van der Waals surface area contributed by atoms with E-state index in [0.29, 0.717) is 18.4 Å². The monoisotopic (exact) mass is 430 g/mol. The molecule has 1 aliphatic heterocycles. The number of fused-ring (bicyclic) bond motifs is 1. The Hall–Kier alpha value is -2.41. The average Bonchev–Trinajstić information content (AvgIpc) is 2.92. The predicted octanol–water partition coefficient (Wildman–Crippen LogP) is 2.89. The number of rotatable bonds is 4. The first-order valence-electron chi connectivity index (χ1n) is 10.9. The quantitative estimate of drug-likeness (QED) is 0.579. The minimum Gasteiger partial charge on any atom is -0.462 e. The van der Waals surface area contributed by atoms with Gasteiger partial charge in [0, 0.05) is 23.7 Å². The van der Waals surface area contributed by atoms with Crippen LogP contribution in [0.2, 0.25) is 0 Å². The normalized spacial score (nSPS) is 41.1. The first-order valence-corrected chi connectivity index (χ1v) is 10.9. The summed E-state index contributed by atoms with van der Waals surface area (Å²) >= 11 is 0. The Balaban J connectivity index is 1.74. The van der Waals surface area contributed by atoms with E-state index in [1.807, 2.05) is 26.8 Å². The molecule has 7 unspecified atom stereocenters. The van der Waals surface area contributed by atoms with Crippen LogP contribution in [0.25, 0.3) is 0 Å². The van der Waals surface area contributed by atoms with Crippen LogP contribution in [0.5, 0.6) is 0 Å². The summed E-state index contributed by atoms with van der Waals surface area (Å²) in [5, 5.41) is 12.4. The second-order valence-corrected chi connectivity index (χ2v) is 9.71. The van der Waals surface area contributed by atoms with Crippen molar-refractivity contribution in [2.75, 3.05) is 6.61 Å². The maximum atomic E-state index is 12.7. The van der Waals surface area contributed by atoms with Crippen molar-refractivity contribution in [3.63, 3.8) is 0 Å². The highest BCUT2D eigenvalue weighted by molar-refractivity contribution is 5.89. The largest absolute Gasteiger partial charge is 0.462 e. The first kappa shape index (κ1) is 21.8. The minimum atomic E-state index is -1.54. The van der Waals surface area contributed by atoms with Crippen LogP contribution in [0.4, 0.5) is 0 Å². The molecule has 3 aliphatic rings. The number of aliphatic hydroxyl groups is 1. The first-order chi connectivity index (χ1) is 14.5. The fraction of sp³-hybridized carbons (Fsp3) is 0.625. The van der Waals surface area contributed by atoms with Crippen molar-refractivity contribution in [2.24, 2.45) is 22.7 Å². The van der Waals surface area contributed by atoms with Gasteiger partial charge in [0.25, 0.3) is 0 Å². The van der Waals surface area contributed by atoms with Crippen LogP contribution < -0.4 is 0 Å². The maximum absolute atomic E-state index is 12.7. The SMILES string of the molecule is CC(=O)OC1CC(C)C23CC(=O)OC(C2)C(C)C(C)(COC(=O)c2ccccc2)C13O. The average molecular weight is 430 g/mol. The second kappa shape index (κ2) is 7.33. The molecule has 7 atom stereocenters. The van der Waals surface area contributed by atoms with Crippen molar-refractivity contribution in [1.82, 2.24) is 0 Å². The molecule has 7 nitrogen and oxygen atoms in total. The number of carbonyl (C=O) groups is 3. The molecule has 1 spiro atoms. The number of carbonyl (C=O) groups excluding carboxylic acids is 3. The lowest BCUT2D eigenvalue weighted by molar-refractivity contribution is -0.293. The van der Waals surface area contributed by atoms with Gasteiger partial charge in [-0.3, -0.25) is 9.59 Å². The summed E-state index contributed by atoms with van der Waals surface area (Å²) in [5.41, 5.74) is -2.93. The van der Waals surface area contributed by atoms with Crippen molar-refractivity contribution >= 4 is 17.9 Å². The fourth-order valence-electron chi connectivity index (χ4n) is 6.44. The number of hydrogen-bond acceptors (Lipinski definition) is 7. The Kier molecular flexibility index (Phi) is 5.16. The summed E-state index contributed by atoms with van der Waals surface area (Å²) in [4.78, 5) is 37.1. The Morgan fingerprint density at radius 2 is 1.90 bits per heavy atom. The lowest BCUT2D eigenvalue weighted by Gasteiger charge is -2.64. The number of ether oxygens (including phenoxy) is 3. The smallest absolute Gasteiger partial charge is 0.338 e. The molecular formula is C24H30O7. The molecule has 3 fully saturated rings. The van der Waals surface area contributed by atoms with E-state index in [0.717, 1.165) is 0 Å². The predicted molar refractivity (Wildman–Crippen MR) is 110 cm³/mol. The molecule has 4 rings (SSSR count). The van der Waals surface area contributed by atoms with Gasteiger partial charge in [0.2, 0.25) is 0 Å². The van der Waals surface area contributed by atoms with E-state index in [1.54, 1.807) is 24.3 Å². The van der Waals surface area contributed by atoms with Crippen molar-refractivity contribution in [1.29, 1.82) is 0 Å². The molecule has 168 valence electrons. The third kappa shape index (κ3) is 3.00. The summed E-state index contributed by atoms with van der Waals surface area (Å²) in [5.74, 6) is -1.72. The van der Waals surface area contributed by atoms with Crippen LogP contribution in [0.1, 0.15) is 57.3 Å². The molecule has 2 aliphatic carbocycles. The Bertz CT molecular complexity index is 898. The molecule has 0 aromatic heterocycles. The van der Waals surface area contributed by atoms with Gasteiger partial charge < -0.3 is 19.3 Å². The van der Waals surface area contributed by atoms with Gasteiger partial charge in [-0.1, -0.05) is 39.0 Å². The van der Waals surface area contributed by atoms with E-state index in [1.165, 1.54) is 6.92 Å². The lowest BCUT2D eigenvalue weighted by atomic mass is 9.46. The molecule has 1 heterocycles. The molecule has 31 heavy (non-hydrogen) atoms. The highest BCUT2D eigenvalue weighted by Crippen LogP contribution is 2.69. The molecule has 2 bridgehead atoms. The lowest BCUT2D eigenvalue weighted by Crippen LogP contribution is -2.73. The molecule has 0 radical (unpaired) electrons. The molecule has 1 aromatic rings. The number of esters is 3. The van der Waals surface area contributed by atoms with Gasteiger partial charge in [-0.15, -0.1) is 0 Å². The zero-order valence-corrected chi connectivity index (χ0v) is 18.4. The standard InChI is InChI=1S/C24H30O7/c1-14-10-19(30-16(3)25)24(28)22(4,13-29-21(27)17-8-6-5-7-9-17)15(2)18-11-23(14,24)12-20(26)31-18/h5-9,14-15,18-19,28H,10-13H2,1-4H3. The van der Waals surface area contributed by atoms with Gasteiger partial charge in [0.05, 0.1) is 12.0 Å². The molecule has 1 aromatic carbocycles. The highest BCUT2D eigenvalue weighted by Gasteiger charge is 2.78. The third-order valence-corrected chi connectivity index (χ3v) is 8.30. The van der Waals surface area contributed by atoms with E-state index in [-0.39, 0.29) is 30.8 Å². The highest BCUT2D eigenvalue weighted by atomic mass is 16.6. The third-order valence-electron chi connectivity index (χ3n) is 8.30. The molecule has 7 heteroatoms. The summed E-state index contributed by atoms with van der Waals surface area (Å²) < 4.78 is 17.0. The topological polar surface area (TPSA) is 99.1 Å². The van der Waals surface area contributed by atoms with Crippen LogP contribution in [0.15, 0.2) is 30.3 Å². The summed E-state index contributed by atoms with van der Waals surface area (Å²) in [6.07, 6.45) is -0.216.